The molecule has 126 valence electrons. The summed E-state index contributed by atoms with van der Waals surface area (Å²) in [6.07, 6.45) is 0.638. The predicted octanol–water partition coefficient (Wildman–Crippen LogP) is 3.10. The van der Waals surface area contributed by atoms with Crippen molar-refractivity contribution in [1.29, 1.82) is 0 Å². The summed E-state index contributed by atoms with van der Waals surface area (Å²) in [6.45, 7) is 4.76. The van der Waals surface area contributed by atoms with Gasteiger partial charge in [-0.05, 0) is 31.4 Å². The van der Waals surface area contributed by atoms with Crippen molar-refractivity contribution < 1.29 is 5.11 Å². The number of aliphatic hydroxyl groups is 1. The quantitative estimate of drug-likeness (QED) is 0.641. The minimum Gasteiger partial charge on any atom is -0.396 e. The minimum absolute atomic E-state index is 0.0588. The zero-order chi connectivity index (χ0) is 17.1. The maximum atomic E-state index is 9.32. The highest BCUT2D eigenvalue weighted by molar-refractivity contribution is 7.18. The van der Waals surface area contributed by atoms with Gasteiger partial charge in [0.1, 0.15) is 16.5 Å². The number of rotatable bonds is 6. The highest BCUT2D eigenvalue weighted by atomic mass is 32.1. The van der Waals surface area contributed by atoms with Crippen LogP contribution in [-0.4, -0.2) is 21.7 Å². The number of benzene rings is 1. The van der Waals surface area contributed by atoms with Crippen LogP contribution in [0.5, 0.6) is 0 Å². The Balaban J connectivity index is 1.81. The largest absolute Gasteiger partial charge is 0.396 e. The molecule has 0 radical (unpaired) electrons. The van der Waals surface area contributed by atoms with Crippen LogP contribution in [0.15, 0.2) is 30.3 Å². The maximum Gasteiger partial charge on any atom is 0.146 e. The first-order valence-corrected chi connectivity index (χ1v) is 8.83. The molecule has 24 heavy (non-hydrogen) atoms. The van der Waals surface area contributed by atoms with Crippen LogP contribution >= 0.6 is 11.3 Å². The summed E-state index contributed by atoms with van der Waals surface area (Å²) < 4.78 is 0. The van der Waals surface area contributed by atoms with Crippen molar-refractivity contribution in [3.05, 3.63) is 52.2 Å². The summed E-state index contributed by atoms with van der Waals surface area (Å²) in [5.74, 6) is 1.22. The van der Waals surface area contributed by atoms with Crippen LogP contribution < -0.4 is 11.1 Å². The standard InChI is InChI=1S/C18H22N4OS/c1-11-12(2)24-18-16(11)17(19)21-15(22-18)10-20-14(8-9-23)13-6-4-3-5-7-13/h3-7,14,20,23H,8-10H2,1-2H3,(H2,19,21,22). The summed E-state index contributed by atoms with van der Waals surface area (Å²) in [6, 6.07) is 10.1. The van der Waals surface area contributed by atoms with Gasteiger partial charge in [-0.2, -0.15) is 0 Å². The molecule has 0 saturated heterocycles. The number of aromatic nitrogens is 2. The molecule has 5 nitrogen and oxygen atoms in total. The highest BCUT2D eigenvalue weighted by Crippen LogP contribution is 2.31. The van der Waals surface area contributed by atoms with Gasteiger partial charge in [-0.25, -0.2) is 9.97 Å². The fourth-order valence-electron chi connectivity index (χ4n) is 2.82. The number of nitrogens with zero attached hydrogens (tertiary/aromatic N) is 2. The molecule has 6 heteroatoms. The Morgan fingerprint density at radius 2 is 1.96 bits per heavy atom. The van der Waals surface area contributed by atoms with Gasteiger partial charge in [0.25, 0.3) is 0 Å². The van der Waals surface area contributed by atoms with Crippen LogP contribution in [0.2, 0.25) is 0 Å². The van der Waals surface area contributed by atoms with E-state index in [2.05, 4.69) is 41.3 Å². The number of hydrogen-bond donors (Lipinski definition) is 3. The van der Waals surface area contributed by atoms with E-state index >= 15 is 0 Å². The van der Waals surface area contributed by atoms with Crippen molar-refractivity contribution in [2.24, 2.45) is 0 Å². The Morgan fingerprint density at radius 1 is 1.21 bits per heavy atom. The van der Waals surface area contributed by atoms with Crippen LogP contribution in [0.25, 0.3) is 10.2 Å². The van der Waals surface area contributed by atoms with Gasteiger partial charge in [0.05, 0.1) is 11.9 Å². The van der Waals surface area contributed by atoms with Gasteiger partial charge in [-0.15, -0.1) is 11.3 Å². The zero-order valence-electron chi connectivity index (χ0n) is 13.9. The summed E-state index contributed by atoms with van der Waals surface area (Å²) in [7, 11) is 0. The molecule has 0 saturated carbocycles. The van der Waals surface area contributed by atoms with Gasteiger partial charge in [0, 0.05) is 17.5 Å². The molecule has 0 spiro atoms. The van der Waals surface area contributed by atoms with E-state index in [1.54, 1.807) is 11.3 Å². The first-order valence-electron chi connectivity index (χ1n) is 8.01. The molecule has 2 aromatic heterocycles. The number of aliphatic hydroxyl groups excluding tert-OH is 1. The number of nitrogens with one attached hydrogen (secondary N) is 1. The summed E-state index contributed by atoms with van der Waals surface area (Å²) in [5.41, 5.74) is 8.44. The van der Waals surface area contributed by atoms with Crippen molar-refractivity contribution in [1.82, 2.24) is 15.3 Å². The monoisotopic (exact) mass is 342 g/mol. The molecule has 1 aromatic carbocycles. The SMILES string of the molecule is Cc1sc2nc(CNC(CCO)c3ccccc3)nc(N)c2c1C. The number of nitrogens with two attached hydrogens (primary N) is 1. The lowest BCUT2D eigenvalue weighted by Crippen LogP contribution is -2.23. The molecule has 0 bridgehead atoms. The third-order valence-electron chi connectivity index (χ3n) is 4.23. The van der Waals surface area contributed by atoms with E-state index in [1.807, 2.05) is 18.2 Å². The number of aryl methyl sites for hydroxylation is 2. The first-order chi connectivity index (χ1) is 11.6. The lowest BCUT2D eigenvalue weighted by atomic mass is 10.0. The molecule has 0 aliphatic rings. The van der Waals surface area contributed by atoms with Crippen LogP contribution in [0.4, 0.5) is 5.82 Å². The van der Waals surface area contributed by atoms with Crippen LogP contribution in [0.3, 0.4) is 0 Å². The average Bonchev–Trinajstić information content (AvgIpc) is 2.87. The van der Waals surface area contributed by atoms with Crippen LogP contribution in [0, 0.1) is 13.8 Å². The molecule has 1 atom stereocenters. The second kappa shape index (κ2) is 7.25. The minimum atomic E-state index is 0.0588. The average molecular weight is 342 g/mol. The number of fused-ring (bicyclic) bond motifs is 1. The predicted molar refractivity (Wildman–Crippen MR) is 99.0 cm³/mol. The first kappa shape index (κ1) is 16.8. The number of hydrogen-bond acceptors (Lipinski definition) is 6. The zero-order valence-corrected chi connectivity index (χ0v) is 14.7. The number of thiophene rings is 1. The Labute approximate surface area is 145 Å². The Kier molecular flexibility index (Phi) is 5.08. The second-order valence-electron chi connectivity index (χ2n) is 5.84. The molecule has 3 aromatic rings. The van der Waals surface area contributed by atoms with Crippen molar-refractivity contribution >= 4 is 27.4 Å². The molecular formula is C18H22N4OS. The van der Waals surface area contributed by atoms with Crippen LogP contribution in [-0.2, 0) is 6.54 Å². The molecule has 0 aliphatic carbocycles. The topological polar surface area (TPSA) is 84.1 Å². The van der Waals surface area contributed by atoms with Gasteiger partial charge < -0.3 is 16.2 Å². The van der Waals surface area contributed by atoms with E-state index in [0.717, 1.165) is 21.3 Å². The lowest BCUT2D eigenvalue weighted by molar-refractivity contribution is 0.264. The van der Waals surface area contributed by atoms with Gasteiger partial charge in [-0.3, -0.25) is 0 Å². The van der Waals surface area contributed by atoms with Gasteiger partial charge in [0.2, 0.25) is 0 Å². The molecule has 1 unspecified atom stereocenters. The smallest absolute Gasteiger partial charge is 0.146 e. The van der Waals surface area contributed by atoms with Gasteiger partial charge >= 0.3 is 0 Å². The van der Waals surface area contributed by atoms with E-state index in [0.29, 0.717) is 24.6 Å². The molecule has 3 rings (SSSR count). The normalized spacial score (nSPS) is 12.6. The van der Waals surface area contributed by atoms with E-state index in [1.165, 1.54) is 4.88 Å². The molecular weight excluding hydrogens is 320 g/mol. The maximum absolute atomic E-state index is 9.32. The molecule has 2 heterocycles. The second-order valence-corrected chi connectivity index (χ2v) is 7.05. The number of anilines is 1. The summed E-state index contributed by atoms with van der Waals surface area (Å²) in [4.78, 5) is 11.3. The molecule has 4 N–H and O–H groups in total. The third kappa shape index (κ3) is 3.40. The van der Waals surface area contributed by atoms with Gasteiger partial charge in [-0.1, -0.05) is 30.3 Å². The van der Waals surface area contributed by atoms with Crippen LogP contribution in [0.1, 0.15) is 34.3 Å². The number of nitrogen functional groups attached to an aromatic ring is 1. The molecule has 0 amide bonds. The van der Waals surface area contributed by atoms with Crippen molar-refractivity contribution in [3.8, 4) is 0 Å². The Morgan fingerprint density at radius 3 is 2.67 bits per heavy atom. The summed E-state index contributed by atoms with van der Waals surface area (Å²) >= 11 is 1.65. The molecule has 0 fully saturated rings. The van der Waals surface area contributed by atoms with Crippen molar-refractivity contribution in [2.45, 2.75) is 32.9 Å². The lowest BCUT2D eigenvalue weighted by Gasteiger charge is -2.18. The highest BCUT2D eigenvalue weighted by Gasteiger charge is 2.14. The Bertz CT molecular complexity index is 832. The fourth-order valence-corrected chi connectivity index (χ4v) is 3.88. The Hall–Kier alpha value is -2.02. The summed E-state index contributed by atoms with van der Waals surface area (Å²) in [5, 5.41) is 13.7. The van der Waals surface area contributed by atoms with E-state index in [-0.39, 0.29) is 12.6 Å². The van der Waals surface area contributed by atoms with E-state index < -0.39 is 0 Å². The van der Waals surface area contributed by atoms with Gasteiger partial charge in [0.15, 0.2) is 0 Å². The molecule has 0 aliphatic heterocycles. The van der Waals surface area contributed by atoms with Crippen molar-refractivity contribution in [2.75, 3.05) is 12.3 Å². The van der Waals surface area contributed by atoms with E-state index in [4.69, 9.17) is 5.73 Å². The van der Waals surface area contributed by atoms with Crippen molar-refractivity contribution in [3.63, 3.8) is 0 Å². The fraction of sp³-hybridized carbons (Fsp3) is 0.333. The third-order valence-corrected chi connectivity index (χ3v) is 5.33. The van der Waals surface area contributed by atoms with E-state index in [9.17, 15) is 5.11 Å².